The number of carbonyl (C=O) groups is 3. The number of anilines is 1. The molecular formula is C23H20N2O4S. The zero-order valence-corrected chi connectivity index (χ0v) is 17.1. The monoisotopic (exact) mass is 420 g/mol. The van der Waals surface area contributed by atoms with Gasteiger partial charge in [0, 0.05) is 22.7 Å². The van der Waals surface area contributed by atoms with Crippen molar-refractivity contribution in [3.8, 4) is 0 Å². The summed E-state index contributed by atoms with van der Waals surface area (Å²) in [6.07, 6.45) is 0.138. The Labute approximate surface area is 178 Å². The Morgan fingerprint density at radius 3 is 2.53 bits per heavy atom. The Morgan fingerprint density at radius 1 is 1.10 bits per heavy atom. The molecule has 1 aliphatic heterocycles. The standard InChI is InChI=1S/C23H20N2O4S/c1-29-23(28)15-8-10-17(11-9-15)24-21(26)13-19(20-7-4-12-30-20)25-14-16-5-2-3-6-18(16)22(25)27/h2-12,19H,13-14H2,1H3,(H,24,26). The predicted molar refractivity (Wildman–Crippen MR) is 114 cm³/mol. The number of carbonyl (C=O) groups excluding carboxylic acids is 3. The van der Waals surface area contributed by atoms with Crippen LogP contribution < -0.4 is 5.32 Å². The molecule has 152 valence electrons. The molecule has 1 N–H and O–H groups in total. The third-order valence-electron chi connectivity index (χ3n) is 5.07. The van der Waals surface area contributed by atoms with E-state index in [1.807, 2.05) is 41.8 Å². The molecule has 1 aliphatic rings. The average molecular weight is 420 g/mol. The van der Waals surface area contributed by atoms with Crippen molar-refractivity contribution in [2.45, 2.75) is 19.0 Å². The summed E-state index contributed by atoms with van der Waals surface area (Å²) in [7, 11) is 1.32. The third-order valence-corrected chi connectivity index (χ3v) is 6.04. The lowest BCUT2D eigenvalue weighted by Crippen LogP contribution is -2.31. The minimum atomic E-state index is -0.433. The fraction of sp³-hybridized carbons (Fsp3) is 0.174. The first kappa shape index (κ1) is 19.8. The van der Waals surface area contributed by atoms with E-state index < -0.39 is 5.97 Å². The van der Waals surface area contributed by atoms with Gasteiger partial charge in [0.1, 0.15) is 0 Å². The number of hydrogen-bond donors (Lipinski definition) is 1. The van der Waals surface area contributed by atoms with E-state index in [1.165, 1.54) is 18.4 Å². The van der Waals surface area contributed by atoms with Gasteiger partial charge < -0.3 is 15.0 Å². The highest BCUT2D eigenvalue weighted by Gasteiger charge is 2.34. The molecule has 0 bridgehead atoms. The molecule has 0 saturated heterocycles. The van der Waals surface area contributed by atoms with Crippen molar-refractivity contribution in [2.24, 2.45) is 0 Å². The van der Waals surface area contributed by atoms with Crippen LogP contribution in [0.3, 0.4) is 0 Å². The summed E-state index contributed by atoms with van der Waals surface area (Å²) < 4.78 is 4.68. The number of fused-ring (bicyclic) bond motifs is 1. The molecular weight excluding hydrogens is 400 g/mol. The third kappa shape index (κ3) is 3.97. The van der Waals surface area contributed by atoms with Crippen LogP contribution in [-0.4, -0.2) is 29.8 Å². The topological polar surface area (TPSA) is 75.7 Å². The first-order valence-corrected chi connectivity index (χ1v) is 10.4. The Hall–Kier alpha value is -3.45. The highest BCUT2D eigenvalue weighted by atomic mass is 32.1. The van der Waals surface area contributed by atoms with E-state index in [9.17, 15) is 14.4 Å². The summed E-state index contributed by atoms with van der Waals surface area (Å²) >= 11 is 1.53. The summed E-state index contributed by atoms with van der Waals surface area (Å²) in [5, 5.41) is 4.80. The van der Waals surface area contributed by atoms with Crippen molar-refractivity contribution in [1.29, 1.82) is 0 Å². The average Bonchev–Trinajstić information content (AvgIpc) is 3.41. The predicted octanol–water partition coefficient (Wildman–Crippen LogP) is 4.26. The minimum absolute atomic E-state index is 0.0563. The quantitative estimate of drug-likeness (QED) is 0.605. The molecule has 2 aromatic carbocycles. The van der Waals surface area contributed by atoms with Crippen molar-refractivity contribution in [1.82, 2.24) is 4.90 Å². The molecule has 0 spiro atoms. The van der Waals surface area contributed by atoms with Crippen molar-refractivity contribution >= 4 is 34.8 Å². The van der Waals surface area contributed by atoms with Crippen LogP contribution in [-0.2, 0) is 16.1 Å². The number of hydrogen-bond acceptors (Lipinski definition) is 5. The van der Waals surface area contributed by atoms with Gasteiger partial charge in [-0.3, -0.25) is 9.59 Å². The van der Waals surface area contributed by atoms with Gasteiger partial charge in [-0.05, 0) is 47.3 Å². The van der Waals surface area contributed by atoms with Crippen LogP contribution in [0.2, 0.25) is 0 Å². The summed E-state index contributed by atoms with van der Waals surface area (Å²) in [5.41, 5.74) is 2.65. The Morgan fingerprint density at radius 2 is 1.87 bits per heavy atom. The maximum Gasteiger partial charge on any atom is 0.337 e. The van der Waals surface area contributed by atoms with Gasteiger partial charge in [-0.15, -0.1) is 11.3 Å². The minimum Gasteiger partial charge on any atom is -0.465 e. The molecule has 0 saturated carbocycles. The number of ether oxygens (including phenoxy) is 1. The fourth-order valence-corrected chi connectivity index (χ4v) is 4.41. The summed E-state index contributed by atoms with van der Waals surface area (Å²) in [5.74, 6) is -0.694. The lowest BCUT2D eigenvalue weighted by molar-refractivity contribution is -0.117. The molecule has 0 aliphatic carbocycles. The molecule has 7 heteroatoms. The first-order valence-electron chi connectivity index (χ1n) is 9.47. The Bertz CT molecular complexity index is 1080. The van der Waals surface area contributed by atoms with Crippen LogP contribution in [0.25, 0.3) is 0 Å². The Balaban J connectivity index is 1.50. The van der Waals surface area contributed by atoms with Gasteiger partial charge in [0.15, 0.2) is 0 Å². The smallest absolute Gasteiger partial charge is 0.337 e. The number of amides is 2. The number of esters is 1. The normalized spacial score (nSPS) is 13.6. The van der Waals surface area contributed by atoms with E-state index >= 15 is 0 Å². The largest absolute Gasteiger partial charge is 0.465 e. The number of thiophene rings is 1. The van der Waals surface area contributed by atoms with E-state index in [0.29, 0.717) is 23.4 Å². The van der Waals surface area contributed by atoms with Crippen LogP contribution >= 0.6 is 11.3 Å². The van der Waals surface area contributed by atoms with Gasteiger partial charge in [0.25, 0.3) is 5.91 Å². The molecule has 4 rings (SSSR count). The number of rotatable bonds is 6. The van der Waals surface area contributed by atoms with Crippen molar-refractivity contribution in [2.75, 3.05) is 12.4 Å². The SMILES string of the molecule is COC(=O)c1ccc(NC(=O)CC(c2cccs2)N2Cc3ccccc3C2=O)cc1. The molecule has 1 aromatic heterocycles. The van der Waals surface area contributed by atoms with Crippen molar-refractivity contribution in [3.05, 3.63) is 87.6 Å². The number of methoxy groups -OCH3 is 1. The van der Waals surface area contributed by atoms with E-state index in [-0.39, 0.29) is 24.3 Å². The van der Waals surface area contributed by atoms with Gasteiger partial charge in [0.2, 0.25) is 5.91 Å². The van der Waals surface area contributed by atoms with Crippen LogP contribution in [0, 0.1) is 0 Å². The lowest BCUT2D eigenvalue weighted by Gasteiger charge is -2.26. The molecule has 1 atom stereocenters. The van der Waals surface area contributed by atoms with Crippen LogP contribution in [0.1, 0.15) is 43.6 Å². The molecule has 30 heavy (non-hydrogen) atoms. The van der Waals surface area contributed by atoms with Gasteiger partial charge in [-0.1, -0.05) is 24.3 Å². The van der Waals surface area contributed by atoms with Gasteiger partial charge >= 0.3 is 5.97 Å². The molecule has 0 fully saturated rings. The number of nitrogens with zero attached hydrogens (tertiary/aromatic N) is 1. The van der Waals surface area contributed by atoms with Crippen LogP contribution in [0.4, 0.5) is 5.69 Å². The molecule has 6 nitrogen and oxygen atoms in total. The molecule has 2 amide bonds. The second kappa shape index (κ2) is 8.51. The van der Waals surface area contributed by atoms with Gasteiger partial charge in [-0.2, -0.15) is 0 Å². The molecule has 0 radical (unpaired) electrons. The van der Waals surface area contributed by atoms with Crippen molar-refractivity contribution in [3.63, 3.8) is 0 Å². The highest BCUT2D eigenvalue weighted by molar-refractivity contribution is 7.10. The second-order valence-corrected chi connectivity index (χ2v) is 7.92. The van der Waals surface area contributed by atoms with Crippen molar-refractivity contribution < 1.29 is 19.1 Å². The van der Waals surface area contributed by atoms with Crippen LogP contribution in [0.5, 0.6) is 0 Å². The van der Waals surface area contributed by atoms with Crippen LogP contribution in [0.15, 0.2) is 66.0 Å². The number of benzene rings is 2. The van der Waals surface area contributed by atoms with Gasteiger partial charge in [-0.25, -0.2) is 4.79 Å². The highest BCUT2D eigenvalue weighted by Crippen LogP contribution is 2.35. The van der Waals surface area contributed by atoms with E-state index in [0.717, 1.165) is 10.4 Å². The van der Waals surface area contributed by atoms with E-state index in [1.54, 1.807) is 29.2 Å². The summed E-state index contributed by atoms with van der Waals surface area (Å²) in [4.78, 5) is 40.0. The zero-order valence-electron chi connectivity index (χ0n) is 16.3. The van der Waals surface area contributed by atoms with E-state index in [4.69, 9.17) is 0 Å². The Kier molecular flexibility index (Phi) is 5.63. The summed E-state index contributed by atoms with van der Waals surface area (Å²) in [6, 6.07) is 17.6. The number of nitrogens with one attached hydrogen (secondary N) is 1. The molecule has 2 heterocycles. The fourth-order valence-electron chi connectivity index (χ4n) is 3.57. The molecule has 3 aromatic rings. The molecule has 1 unspecified atom stereocenters. The first-order chi connectivity index (χ1) is 14.6. The summed E-state index contributed by atoms with van der Waals surface area (Å²) in [6.45, 7) is 0.485. The van der Waals surface area contributed by atoms with E-state index in [2.05, 4.69) is 10.1 Å². The second-order valence-electron chi connectivity index (χ2n) is 6.94. The maximum atomic E-state index is 13.0. The maximum absolute atomic E-state index is 13.0. The lowest BCUT2D eigenvalue weighted by atomic mass is 10.1. The zero-order chi connectivity index (χ0) is 21.1. The van der Waals surface area contributed by atoms with Gasteiger partial charge in [0.05, 0.1) is 25.1 Å².